The molecule has 0 atom stereocenters. The Bertz CT molecular complexity index is 1060. The van der Waals surface area contributed by atoms with E-state index in [9.17, 15) is 13.2 Å². The van der Waals surface area contributed by atoms with Crippen molar-refractivity contribution in [1.29, 1.82) is 0 Å². The topological polar surface area (TPSA) is 75.6 Å². The van der Waals surface area contributed by atoms with Crippen molar-refractivity contribution in [3.8, 4) is 0 Å². The number of Topliss-reactive ketones (excluding diaryl/α,β-unsaturated/α-hetero) is 1. The summed E-state index contributed by atoms with van der Waals surface area (Å²) in [5.74, 6) is 5.99. The first-order chi connectivity index (χ1) is 19.8. The predicted molar refractivity (Wildman–Crippen MR) is 169 cm³/mol. The summed E-state index contributed by atoms with van der Waals surface area (Å²) in [6.45, 7) is 6.58. The Labute approximate surface area is 250 Å². The number of hydrazone groups is 1. The molecule has 4 aliphatic carbocycles. The highest BCUT2D eigenvalue weighted by Gasteiger charge is 2.30. The second-order valence-electron chi connectivity index (χ2n) is 13.7. The van der Waals surface area contributed by atoms with Gasteiger partial charge in [-0.15, -0.1) is 0 Å². The van der Waals surface area contributed by atoms with Crippen LogP contribution in [0.1, 0.15) is 135 Å². The maximum atomic E-state index is 12.3. The normalized spacial score (nSPS) is 29.8. The number of benzene rings is 1. The predicted octanol–water partition coefficient (Wildman–Crippen LogP) is 9.00. The number of nitrogens with zero attached hydrogens (tertiary/aromatic N) is 1. The summed E-state index contributed by atoms with van der Waals surface area (Å²) in [4.78, 5) is 13.9. The second kappa shape index (κ2) is 15.7. The van der Waals surface area contributed by atoms with Crippen molar-refractivity contribution in [1.82, 2.24) is 4.83 Å². The molecule has 5 nitrogen and oxygen atoms in total. The third-order valence-electron chi connectivity index (χ3n) is 11.1. The molecule has 1 aromatic carbocycles. The molecule has 5 rings (SSSR count). The number of carbonyl (C=O) groups is 1. The summed E-state index contributed by atoms with van der Waals surface area (Å²) in [6, 6.07) is 6.86. The number of rotatable bonds is 7. The van der Waals surface area contributed by atoms with Crippen LogP contribution in [-0.4, -0.2) is 19.9 Å². The molecule has 1 aromatic rings. The van der Waals surface area contributed by atoms with Crippen molar-refractivity contribution in [2.75, 3.05) is 0 Å². The van der Waals surface area contributed by atoms with Crippen LogP contribution in [0, 0.1) is 42.4 Å². The van der Waals surface area contributed by atoms with Gasteiger partial charge in [0.15, 0.2) is 0 Å². The Morgan fingerprint density at radius 3 is 1.51 bits per heavy atom. The van der Waals surface area contributed by atoms with Crippen LogP contribution >= 0.6 is 0 Å². The quantitative estimate of drug-likeness (QED) is 0.325. The van der Waals surface area contributed by atoms with Crippen LogP contribution in [0.4, 0.5) is 0 Å². The second-order valence-corrected chi connectivity index (χ2v) is 15.3. The summed E-state index contributed by atoms with van der Waals surface area (Å²) in [5.41, 5.74) is 2.04. The largest absolute Gasteiger partial charge is 0.300 e. The molecule has 0 radical (unpaired) electrons. The van der Waals surface area contributed by atoms with E-state index in [4.69, 9.17) is 0 Å². The van der Waals surface area contributed by atoms with E-state index in [-0.39, 0.29) is 4.90 Å². The van der Waals surface area contributed by atoms with Crippen LogP contribution in [0.2, 0.25) is 0 Å². The van der Waals surface area contributed by atoms with Crippen LogP contribution in [0.3, 0.4) is 0 Å². The van der Waals surface area contributed by atoms with E-state index in [0.717, 1.165) is 85.3 Å². The molecule has 4 saturated carbocycles. The molecule has 4 aliphatic rings. The van der Waals surface area contributed by atoms with E-state index in [1.54, 1.807) is 24.3 Å². The maximum Gasteiger partial charge on any atom is 0.276 e. The van der Waals surface area contributed by atoms with Crippen molar-refractivity contribution in [2.24, 2.45) is 40.6 Å². The summed E-state index contributed by atoms with van der Waals surface area (Å²) in [7, 11) is -3.56. The number of ketones is 1. The van der Waals surface area contributed by atoms with Crippen LogP contribution in [-0.2, 0) is 14.8 Å². The van der Waals surface area contributed by atoms with Crippen LogP contribution in [0.25, 0.3) is 0 Å². The van der Waals surface area contributed by atoms with E-state index in [1.807, 2.05) is 6.92 Å². The van der Waals surface area contributed by atoms with E-state index in [1.165, 1.54) is 77.0 Å². The number of carbonyl (C=O) groups excluding carboxylic acids is 1. The summed E-state index contributed by atoms with van der Waals surface area (Å²) < 4.78 is 24.7. The van der Waals surface area contributed by atoms with Crippen molar-refractivity contribution in [2.45, 2.75) is 141 Å². The van der Waals surface area contributed by atoms with Crippen LogP contribution in [0.5, 0.6) is 0 Å². The first-order valence-electron chi connectivity index (χ1n) is 16.9. The van der Waals surface area contributed by atoms with Gasteiger partial charge >= 0.3 is 0 Å². The van der Waals surface area contributed by atoms with E-state index < -0.39 is 10.0 Å². The highest BCUT2D eigenvalue weighted by Crippen LogP contribution is 2.41. The number of aryl methyl sites for hydroxylation is 1. The number of hydrogen-bond donors (Lipinski definition) is 1. The van der Waals surface area contributed by atoms with Crippen molar-refractivity contribution < 1.29 is 13.2 Å². The molecule has 1 N–H and O–H groups in total. The molecule has 0 bridgehead atoms. The Balaban J connectivity index is 0.000000218. The lowest BCUT2D eigenvalue weighted by Gasteiger charge is -2.35. The minimum Gasteiger partial charge on any atom is -0.300 e. The first kappa shape index (κ1) is 32.2. The third kappa shape index (κ3) is 9.66. The SMILES string of the molecule is CCC1CCC(C2CCC(=NNS(=O)(=O)c3ccc(C)cc3)CC2)CC1.CCC1CCC(C2CCC(=O)CC2)CC1. The third-order valence-corrected chi connectivity index (χ3v) is 12.3. The van der Waals surface area contributed by atoms with Crippen molar-refractivity contribution in [3.05, 3.63) is 29.8 Å². The summed E-state index contributed by atoms with van der Waals surface area (Å²) >= 11 is 0. The molecule has 230 valence electrons. The van der Waals surface area contributed by atoms with Gasteiger partial charge in [0.25, 0.3) is 10.0 Å². The molecule has 41 heavy (non-hydrogen) atoms. The van der Waals surface area contributed by atoms with Gasteiger partial charge in [0, 0.05) is 18.6 Å². The minimum absolute atomic E-state index is 0.272. The van der Waals surface area contributed by atoms with Crippen LogP contribution < -0.4 is 4.83 Å². The molecule has 0 spiro atoms. The molecule has 0 saturated heterocycles. The minimum atomic E-state index is -3.56. The molecule has 0 aliphatic heterocycles. The van der Waals surface area contributed by atoms with Gasteiger partial charge in [-0.05, 0) is 119 Å². The molecular weight excluding hydrogens is 528 g/mol. The zero-order valence-electron chi connectivity index (χ0n) is 26.1. The van der Waals surface area contributed by atoms with Gasteiger partial charge in [-0.25, -0.2) is 4.83 Å². The van der Waals surface area contributed by atoms with Gasteiger partial charge in [-0.2, -0.15) is 13.5 Å². The fourth-order valence-corrected chi connectivity index (χ4v) is 8.87. The Morgan fingerprint density at radius 1 is 0.659 bits per heavy atom. The Morgan fingerprint density at radius 2 is 1.07 bits per heavy atom. The molecule has 6 heteroatoms. The Hall–Kier alpha value is -1.69. The van der Waals surface area contributed by atoms with Gasteiger partial charge in [-0.1, -0.05) is 70.1 Å². The number of sulfonamides is 1. The summed E-state index contributed by atoms with van der Waals surface area (Å²) in [5, 5.41) is 4.24. The van der Waals surface area contributed by atoms with Gasteiger partial charge in [0.1, 0.15) is 5.78 Å². The smallest absolute Gasteiger partial charge is 0.276 e. The van der Waals surface area contributed by atoms with Crippen LogP contribution in [0.15, 0.2) is 34.3 Å². The van der Waals surface area contributed by atoms with E-state index in [0.29, 0.717) is 5.78 Å². The van der Waals surface area contributed by atoms with Gasteiger partial charge < -0.3 is 0 Å². The zero-order chi connectivity index (χ0) is 29.2. The van der Waals surface area contributed by atoms with E-state index in [2.05, 4.69) is 23.8 Å². The molecule has 0 unspecified atom stereocenters. The molecular formula is C35H56N2O3S. The molecule has 0 aromatic heterocycles. The molecule has 4 fully saturated rings. The number of hydrogen-bond acceptors (Lipinski definition) is 4. The first-order valence-corrected chi connectivity index (χ1v) is 18.4. The standard InChI is InChI=1S/C21H32N2O2S.C14H24O/c1-3-17-6-8-18(9-7-17)19-10-12-20(13-11-19)22-23-26(24,25)21-14-4-16(2)5-15-21;1-2-11-3-5-12(6-4-11)13-7-9-14(15)10-8-13/h4-5,14-15,17-19,23H,3,6-13H2,1-2H3;11-13H,2-10H2,1H3. The molecule has 0 amide bonds. The number of nitrogens with one attached hydrogen (secondary N) is 1. The Kier molecular flexibility index (Phi) is 12.3. The van der Waals surface area contributed by atoms with Crippen molar-refractivity contribution in [3.63, 3.8) is 0 Å². The van der Waals surface area contributed by atoms with Crippen molar-refractivity contribution >= 4 is 21.5 Å². The fourth-order valence-electron chi connectivity index (χ4n) is 8.02. The average molecular weight is 585 g/mol. The maximum absolute atomic E-state index is 12.3. The monoisotopic (exact) mass is 584 g/mol. The van der Waals surface area contributed by atoms with Gasteiger partial charge in [-0.3, -0.25) is 4.79 Å². The lowest BCUT2D eigenvalue weighted by Crippen LogP contribution is -2.27. The average Bonchev–Trinajstić information content (AvgIpc) is 3.01. The van der Waals surface area contributed by atoms with E-state index >= 15 is 0 Å². The summed E-state index contributed by atoms with van der Waals surface area (Å²) in [6.07, 6.45) is 22.4. The molecule has 0 heterocycles. The lowest BCUT2D eigenvalue weighted by molar-refractivity contribution is -0.121. The highest BCUT2D eigenvalue weighted by molar-refractivity contribution is 7.89. The lowest BCUT2D eigenvalue weighted by atomic mass is 9.70. The highest BCUT2D eigenvalue weighted by atomic mass is 32.2. The zero-order valence-corrected chi connectivity index (χ0v) is 26.9. The van der Waals surface area contributed by atoms with Gasteiger partial charge in [0.2, 0.25) is 0 Å². The van der Waals surface area contributed by atoms with Gasteiger partial charge in [0.05, 0.1) is 4.90 Å². The fraction of sp³-hybridized carbons (Fsp3) is 0.771.